The number of fused-ring (bicyclic) bond motifs is 2. The number of anilines is 2. The van der Waals surface area contributed by atoms with E-state index >= 15 is 0 Å². The molecule has 6 rings (SSSR count). The molecule has 0 unspecified atom stereocenters. The number of amides is 1. The predicted molar refractivity (Wildman–Crippen MR) is 208 cm³/mol. The van der Waals surface area contributed by atoms with E-state index < -0.39 is 0 Å². The second kappa shape index (κ2) is 15.3. The van der Waals surface area contributed by atoms with Crippen molar-refractivity contribution in [3.63, 3.8) is 0 Å². The fourth-order valence-electron chi connectivity index (χ4n) is 7.90. The molecule has 1 amide bonds. The van der Waals surface area contributed by atoms with Gasteiger partial charge in [-0.25, -0.2) is 9.97 Å². The Morgan fingerprint density at radius 2 is 1.20 bits per heavy atom. The molecular formula is C42H64N6O. The summed E-state index contributed by atoms with van der Waals surface area (Å²) in [5, 5.41) is 3.22. The van der Waals surface area contributed by atoms with Crippen molar-refractivity contribution in [2.24, 2.45) is 17.8 Å². The van der Waals surface area contributed by atoms with Gasteiger partial charge in [0.1, 0.15) is 11.6 Å². The first-order chi connectivity index (χ1) is 23.2. The molecule has 2 heterocycles. The molecule has 0 atom stereocenters. The van der Waals surface area contributed by atoms with Crippen LogP contribution in [0.15, 0.2) is 36.4 Å². The largest absolute Gasteiger partial charge is 0.388 e. The third-order valence-electron chi connectivity index (χ3n) is 10.7. The average Bonchev–Trinajstić information content (AvgIpc) is 3.63. The van der Waals surface area contributed by atoms with E-state index in [4.69, 9.17) is 9.97 Å². The van der Waals surface area contributed by atoms with Crippen LogP contribution >= 0.6 is 0 Å². The fourth-order valence-corrected chi connectivity index (χ4v) is 7.90. The van der Waals surface area contributed by atoms with Crippen LogP contribution in [0.3, 0.4) is 0 Å². The Labute approximate surface area is 296 Å². The number of carbonyl (C=O) groups is 1. The molecule has 0 saturated heterocycles. The highest BCUT2D eigenvalue weighted by Gasteiger charge is 2.27. The van der Waals surface area contributed by atoms with Crippen molar-refractivity contribution in [2.45, 2.75) is 144 Å². The zero-order valence-electron chi connectivity index (χ0n) is 32.3. The molecule has 2 aromatic heterocycles. The number of aromatic nitrogens is 4. The summed E-state index contributed by atoms with van der Waals surface area (Å²) in [6.45, 7) is 19.6. The molecule has 268 valence electrons. The highest BCUT2D eigenvalue weighted by molar-refractivity contribution is 5.96. The predicted octanol–water partition coefficient (Wildman–Crippen LogP) is 10.5. The second-order valence-corrected chi connectivity index (χ2v) is 17.3. The van der Waals surface area contributed by atoms with Crippen LogP contribution in [0, 0.1) is 17.8 Å². The molecule has 2 fully saturated rings. The van der Waals surface area contributed by atoms with Crippen LogP contribution in [-0.2, 0) is 28.7 Å². The van der Waals surface area contributed by atoms with Crippen molar-refractivity contribution in [3.05, 3.63) is 48.0 Å². The van der Waals surface area contributed by atoms with Gasteiger partial charge in [-0.2, -0.15) is 0 Å². The normalized spacial score (nSPS) is 16.6. The molecule has 49 heavy (non-hydrogen) atoms. The second-order valence-electron chi connectivity index (χ2n) is 17.3. The molecular weight excluding hydrogens is 605 g/mol. The van der Waals surface area contributed by atoms with Crippen LogP contribution in [0.1, 0.15) is 131 Å². The fraction of sp³-hybridized carbons (Fsp3) is 0.643. The topological polar surface area (TPSA) is 68.0 Å². The van der Waals surface area contributed by atoms with E-state index in [0.717, 1.165) is 53.2 Å². The lowest BCUT2D eigenvalue weighted by molar-refractivity contribution is -0.121. The van der Waals surface area contributed by atoms with Crippen molar-refractivity contribution < 1.29 is 4.79 Å². The minimum absolute atomic E-state index is 0.00644. The summed E-state index contributed by atoms with van der Waals surface area (Å²) in [6.07, 6.45) is 13.7. The lowest BCUT2D eigenvalue weighted by Gasteiger charge is -2.26. The van der Waals surface area contributed by atoms with Gasteiger partial charge in [-0.3, -0.25) is 4.79 Å². The number of rotatable bonds is 7. The molecule has 7 heteroatoms. The molecule has 2 aliphatic rings. The first kappa shape index (κ1) is 36.9. The molecule has 0 spiro atoms. The molecule has 0 radical (unpaired) electrons. The van der Waals surface area contributed by atoms with Gasteiger partial charge in [-0.15, -0.1) is 0 Å². The Bertz CT molecular complexity index is 1700. The zero-order chi connectivity index (χ0) is 35.5. The molecule has 1 N–H and O–H groups in total. The van der Waals surface area contributed by atoms with Gasteiger partial charge in [0.2, 0.25) is 5.91 Å². The van der Waals surface area contributed by atoms with Crippen molar-refractivity contribution in [3.8, 4) is 0 Å². The van der Waals surface area contributed by atoms with Crippen LogP contribution in [-0.4, -0.2) is 39.1 Å². The number of benzene rings is 2. The summed E-state index contributed by atoms with van der Waals surface area (Å²) in [4.78, 5) is 24.1. The molecule has 4 aromatic rings. The maximum atomic E-state index is 12.4. The van der Waals surface area contributed by atoms with E-state index in [2.05, 4.69) is 92.4 Å². The molecule has 2 aromatic carbocycles. The Morgan fingerprint density at radius 3 is 1.63 bits per heavy atom. The Hall–Kier alpha value is -3.35. The van der Waals surface area contributed by atoms with Gasteiger partial charge in [0.05, 0.1) is 22.1 Å². The van der Waals surface area contributed by atoms with Crippen LogP contribution in [0.25, 0.3) is 22.1 Å². The minimum Gasteiger partial charge on any atom is -0.388 e. The van der Waals surface area contributed by atoms with Crippen LogP contribution in [0.5, 0.6) is 0 Å². The number of imidazole rings is 2. The molecule has 7 nitrogen and oxygen atoms in total. The highest BCUT2D eigenvalue weighted by Crippen LogP contribution is 2.34. The number of hydrogen-bond donors (Lipinski definition) is 1. The smallest absolute Gasteiger partial charge is 0.229 e. The van der Waals surface area contributed by atoms with Crippen molar-refractivity contribution >= 4 is 39.3 Å². The van der Waals surface area contributed by atoms with Gasteiger partial charge in [0.15, 0.2) is 0 Å². The average molecular weight is 669 g/mol. The molecule has 2 saturated carbocycles. The number of carbonyl (C=O) groups excluding carboxylic acids is 1. The van der Waals surface area contributed by atoms with Gasteiger partial charge in [-0.05, 0) is 73.9 Å². The van der Waals surface area contributed by atoms with Gasteiger partial charge in [0, 0.05) is 55.3 Å². The van der Waals surface area contributed by atoms with Gasteiger partial charge in [0.25, 0.3) is 0 Å². The summed E-state index contributed by atoms with van der Waals surface area (Å²) in [6, 6.07) is 12.8. The standard InChI is InChI=1S/C23H35N3O.C19H29N3/c1-16(2)21(27)25(6)18-12-13-20-19(14-18)24-22(23(3,4)5)26(20)15-17-10-8-7-9-11-17;1-19(2,3)18-21-16-12-15(20-4)10-11-17(16)22(18)13-14-8-6-5-7-9-14/h12-14,16-17H,7-11,15H2,1-6H3;10-12,14,20H,5-9,13H2,1-4H3. The van der Waals surface area contributed by atoms with E-state index in [1.165, 1.54) is 81.1 Å². The van der Waals surface area contributed by atoms with Crippen molar-refractivity contribution in [1.82, 2.24) is 19.1 Å². The molecule has 0 aliphatic heterocycles. The summed E-state index contributed by atoms with van der Waals surface area (Å²) >= 11 is 0. The van der Waals surface area contributed by atoms with Crippen molar-refractivity contribution in [1.29, 1.82) is 0 Å². The third-order valence-corrected chi connectivity index (χ3v) is 10.7. The number of nitrogens with one attached hydrogen (secondary N) is 1. The first-order valence-electron chi connectivity index (χ1n) is 19.1. The zero-order valence-corrected chi connectivity index (χ0v) is 32.3. The van der Waals surface area contributed by atoms with E-state index in [1.54, 1.807) is 4.90 Å². The summed E-state index contributed by atoms with van der Waals surface area (Å²) in [7, 11) is 3.82. The maximum absolute atomic E-state index is 12.4. The first-order valence-corrected chi connectivity index (χ1v) is 19.1. The summed E-state index contributed by atoms with van der Waals surface area (Å²) in [5.41, 5.74) is 6.72. The Balaban J connectivity index is 0.000000195. The third kappa shape index (κ3) is 8.69. The van der Waals surface area contributed by atoms with E-state index in [-0.39, 0.29) is 22.7 Å². The van der Waals surface area contributed by atoms with E-state index in [1.807, 2.05) is 27.9 Å². The number of nitrogens with zero attached hydrogens (tertiary/aromatic N) is 5. The van der Waals surface area contributed by atoms with Crippen molar-refractivity contribution in [2.75, 3.05) is 24.3 Å². The van der Waals surface area contributed by atoms with Crippen LogP contribution < -0.4 is 10.2 Å². The van der Waals surface area contributed by atoms with Gasteiger partial charge >= 0.3 is 0 Å². The Morgan fingerprint density at radius 1 is 0.755 bits per heavy atom. The highest BCUT2D eigenvalue weighted by atomic mass is 16.2. The number of hydrogen-bond acceptors (Lipinski definition) is 4. The quantitative estimate of drug-likeness (QED) is 0.213. The monoisotopic (exact) mass is 669 g/mol. The minimum atomic E-state index is -0.0142. The lowest BCUT2D eigenvalue weighted by Crippen LogP contribution is -2.30. The molecule has 0 bridgehead atoms. The lowest BCUT2D eigenvalue weighted by atomic mass is 9.88. The van der Waals surface area contributed by atoms with Crippen LogP contribution in [0.4, 0.5) is 11.4 Å². The summed E-state index contributed by atoms with van der Waals surface area (Å²) in [5.74, 6) is 4.06. The van der Waals surface area contributed by atoms with Gasteiger partial charge in [-0.1, -0.05) is 93.9 Å². The summed E-state index contributed by atoms with van der Waals surface area (Å²) < 4.78 is 4.93. The Kier molecular flexibility index (Phi) is 11.5. The maximum Gasteiger partial charge on any atom is 0.229 e. The van der Waals surface area contributed by atoms with Crippen LogP contribution in [0.2, 0.25) is 0 Å². The van der Waals surface area contributed by atoms with E-state index in [0.29, 0.717) is 0 Å². The SMILES string of the molecule is CC(C)C(=O)N(C)c1ccc2c(c1)nc(C(C)(C)C)n2CC1CCCCC1.CNc1ccc2c(c1)nc(C(C)(C)C)n2CC1CCCCC1. The van der Waals surface area contributed by atoms with Gasteiger partial charge < -0.3 is 19.4 Å². The molecule has 2 aliphatic carbocycles. The van der Waals surface area contributed by atoms with E-state index in [9.17, 15) is 4.79 Å².